The molecule has 0 radical (unpaired) electrons. The van der Waals surface area contributed by atoms with Gasteiger partial charge in [0.25, 0.3) is 5.56 Å². The Bertz CT molecular complexity index is 534. The summed E-state index contributed by atoms with van der Waals surface area (Å²) >= 11 is 1.85. The second kappa shape index (κ2) is 7.52. The molecule has 120 valence electrons. The Hall–Kier alpha value is -0.710. The largest absolute Gasteiger partial charge is 0.367 e. The van der Waals surface area contributed by atoms with Crippen LogP contribution in [0.2, 0.25) is 0 Å². The monoisotopic (exact) mass is 422 g/mol. The van der Waals surface area contributed by atoms with Crippen LogP contribution < -0.4 is 5.56 Å². The fourth-order valence-electron chi connectivity index (χ4n) is 1.49. The number of alkyl halides is 4. The number of hydrogen-bond donors (Lipinski definition) is 1. The first kappa shape index (κ1) is 18.3. The van der Waals surface area contributed by atoms with Gasteiger partial charge in [-0.3, -0.25) is 4.79 Å². The molecule has 21 heavy (non-hydrogen) atoms. The number of ether oxygens (including phenoxy) is 1. The lowest BCUT2D eigenvalue weighted by Gasteiger charge is -2.15. The van der Waals surface area contributed by atoms with Gasteiger partial charge in [-0.2, -0.15) is 8.78 Å². The van der Waals surface area contributed by atoms with Gasteiger partial charge in [0.2, 0.25) is 0 Å². The van der Waals surface area contributed by atoms with Crippen molar-refractivity contribution in [3.63, 3.8) is 0 Å². The van der Waals surface area contributed by atoms with Crippen molar-refractivity contribution in [1.82, 2.24) is 9.97 Å². The van der Waals surface area contributed by atoms with Crippen LogP contribution in [-0.2, 0) is 17.8 Å². The molecular weight excluding hydrogens is 407 g/mol. The summed E-state index contributed by atoms with van der Waals surface area (Å²) in [6.45, 7) is 2.00. The lowest BCUT2D eigenvalue weighted by Crippen LogP contribution is -2.32. The Labute approximate surface area is 132 Å². The van der Waals surface area contributed by atoms with E-state index in [1.54, 1.807) is 0 Å². The molecule has 9 heteroatoms. The second-order valence-electron chi connectivity index (χ2n) is 4.93. The molecule has 0 aliphatic carbocycles. The number of nitrogens with one attached hydrogen (secondary N) is 1. The van der Waals surface area contributed by atoms with Crippen molar-refractivity contribution in [2.75, 3.05) is 6.61 Å². The van der Waals surface area contributed by atoms with Crippen LogP contribution in [0.15, 0.2) is 4.79 Å². The van der Waals surface area contributed by atoms with Crippen LogP contribution in [-0.4, -0.2) is 28.9 Å². The third-order valence-corrected chi connectivity index (χ3v) is 3.55. The number of H-pyrrole nitrogens is 1. The maximum absolute atomic E-state index is 12.7. The van der Waals surface area contributed by atoms with E-state index in [0.29, 0.717) is 15.7 Å². The topological polar surface area (TPSA) is 55.0 Å². The van der Waals surface area contributed by atoms with E-state index in [2.05, 4.69) is 14.7 Å². The smallest absolute Gasteiger partial charge is 0.330 e. The third kappa shape index (κ3) is 5.53. The quantitative estimate of drug-likeness (QED) is 0.543. The number of rotatable bonds is 7. The molecule has 0 bridgehead atoms. The van der Waals surface area contributed by atoms with E-state index in [-0.39, 0.29) is 11.7 Å². The molecule has 1 heterocycles. The minimum atomic E-state index is -4.22. The fourth-order valence-corrected chi connectivity index (χ4v) is 1.97. The average Bonchev–Trinajstić information content (AvgIpc) is 2.34. The lowest BCUT2D eigenvalue weighted by molar-refractivity contribution is -0.168. The van der Waals surface area contributed by atoms with E-state index in [1.165, 1.54) is 0 Å². The average molecular weight is 422 g/mol. The molecule has 0 aliphatic heterocycles. The molecule has 0 aliphatic rings. The van der Waals surface area contributed by atoms with E-state index in [9.17, 15) is 22.4 Å². The molecule has 0 atom stereocenters. The van der Waals surface area contributed by atoms with Gasteiger partial charge in [-0.25, -0.2) is 13.8 Å². The van der Waals surface area contributed by atoms with Crippen molar-refractivity contribution in [1.29, 1.82) is 0 Å². The highest BCUT2D eigenvalue weighted by molar-refractivity contribution is 14.1. The number of hydrogen-bond acceptors (Lipinski definition) is 3. The maximum Gasteiger partial charge on any atom is 0.330 e. The minimum Gasteiger partial charge on any atom is -0.367 e. The zero-order valence-electron chi connectivity index (χ0n) is 11.4. The van der Waals surface area contributed by atoms with Gasteiger partial charge in [-0.1, -0.05) is 13.8 Å². The van der Waals surface area contributed by atoms with Gasteiger partial charge in [0.15, 0.2) is 0 Å². The molecule has 0 aromatic carbocycles. The number of aromatic nitrogens is 2. The standard InChI is InChI=1S/C12H15F4IN2O2/c1-6(2)3-7-9(17)10(20)19-8(18-7)4-21-5-12(15,16)11(13)14/h6,11H,3-5H2,1-2H3,(H,18,19,20). The summed E-state index contributed by atoms with van der Waals surface area (Å²) in [5.74, 6) is -3.92. The van der Waals surface area contributed by atoms with Crippen LogP contribution in [0.4, 0.5) is 17.6 Å². The summed E-state index contributed by atoms with van der Waals surface area (Å²) in [4.78, 5) is 18.2. The number of nitrogens with zero attached hydrogens (tertiary/aromatic N) is 1. The molecule has 0 fully saturated rings. The highest BCUT2D eigenvalue weighted by Crippen LogP contribution is 2.23. The molecule has 1 N–H and O–H groups in total. The van der Waals surface area contributed by atoms with Crippen LogP contribution >= 0.6 is 22.6 Å². The Morgan fingerprint density at radius 2 is 2.00 bits per heavy atom. The first-order valence-electron chi connectivity index (χ1n) is 6.14. The highest BCUT2D eigenvalue weighted by atomic mass is 127. The zero-order valence-corrected chi connectivity index (χ0v) is 13.6. The Balaban J connectivity index is 2.76. The Kier molecular flexibility index (Phi) is 6.57. The van der Waals surface area contributed by atoms with Gasteiger partial charge in [0, 0.05) is 0 Å². The normalized spacial score (nSPS) is 12.4. The molecule has 0 spiro atoms. The van der Waals surface area contributed by atoms with Crippen LogP contribution in [0.25, 0.3) is 0 Å². The first-order valence-corrected chi connectivity index (χ1v) is 7.22. The van der Waals surface area contributed by atoms with Crippen molar-refractivity contribution in [3.8, 4) is 0 Å². The summed E-state index contributed by atoms with van der Waals surface area (Å²) in [7, 11) is 0. The first-order chi connectivity index (χ1) is 9.63. The summed E-state index contributed by atoms with van der Waals surface area (Å²) in [6.07, 6.45) is -3.25. The van der Waals surface area contributed by atoms with Crippen LogP contribution in [0.1, 0.15) is 25.4 Å². The van der Waals surface area contributed by atoms with E-state index in [1.807, 2.05) is 36.4 Å². The van der Waals surface area contributed by atoms with Crippen LogP contribution in [0.5, 0.6) is 0 Å². The van der Waals surface area contributed by atoms with Crippen molar-refractivity contribution < 1.29 is 22.3 Å². The SMILES string of the molecule is CC(C)Cc1nc(COCC(F)(F)C(F)F)[nH]c(=O)c1I. The molecule has 0 amide bonds. The van der Waals surface area contributed by atoms with Crippen molar-refractivity contribution in [3.05, 3.63) is 25.4 Å². The summed E-state index contributed by atoms with van der Waals surface area (Å²) < 4.78 is 54.2. The second-order valence-corrected chi connectivity index (χ2v) is 6.00. The Morgan fingerprint density at radius 1 is 1.38 bits per heavy atom. The van der Waals surface area contributed by atoms with Gasteiger partial charge < -0.3 is 9.72 Å². The molecule has 1 rings (SSSR count). The summed E-state index contributed by atoms with van der Waals surface area (Å²) in [5.41, 5.74) is 0.133. The molecule has 1 aromatic rings. The minimum absolute atomic E-state index is 0.0427. The molecule has 1 aromatic heterocycles. The Morgan fingerprint density at radius 3 is 2.52 bits per heavy atom. The van der Waals surface area contributed by atoms with E-state index < -0.39 is 31.1 Å². The van der Waals surface area contributed by atoms with Crippen molar-refractivity contribution >= 4 is 22.6 Å². The zero-order chi connectivity index (χ0) is 16.2. The van der Waals surface area contributed by atoms with Gasteiger partial charge >= 0.3 is 12.3 Å². The molecule has 0 unspecified atom stereocenters. The van der Waals surface area contributed by atoms with Crippen molar-refractivity contribution in [2.24, 2.45) is 5.92 Å². The molecule has 4 nitrogen and oxygen atoms in total. The molecule has 0 saturated heterocycles. The maximum atomic E-state index is 12.7. The number of aromatic amines is 1. The van der Waals surface area contributed by atoms with E-state index in [0.717, 1.165) is 0 Å². The highest BCUT2D eigenvalue weighted by Gasteiger charge is 2.41. The van der Waals surface area contributed by atoms with Gasteiger partial charge in [-0.15, -0.1) is 0 Å². The van der Waals surface area contributed by atoms with Gasteiger partial charge in [0.1, 0.15) is 19.0 Å². The van der Waals surface area contributed by atoms with E-state index in [4.69, 9.17) is 0 Å². The molecular formula is C12H15F4IN2O2. The summed E-state index contributed by atoms with van der Waals surface area (Å²) in [6, 6.07) is 0. The van der Waals surface area contributed by atoms with Crippen molar-refractivity contribution in [2.45, 2.75) is 39.2 Å². The number of halogens is 5. The van der Waals surface area contributed by atoms with E-state index >= 15 is 0 Å². The van der Waals surface area contributed by atoms with Gasteiger partial charge in [0.05, 0.1) is 9.26 Å². The molecule has 0 saturated carbocycles. The predicted molar refractivity (Wildman–Crippen MR) is 76.7 cm³/mol. The third-order valence-electron chi connectivity index (χ3n) is 2.43. The van der Waals surface area contributed by atoms with Crippen LogP contribution in [0, 0.1) is 9.49 Å². The van der Waals surface area contributed by atoms with Gasteiger partial charge in [-0.05, 0) is 34.9 Å². The van der Waals surface area contributed by atoms with Crippen LogP contribution in [0.3, 0.4) is 0 Å². The predicted octanol–water partition coefficient (Wildman–Crippen LogP) is 2.99. The fraction of sp³-hybridized carbons (Fsp3) is 0.667. The lowest BCUT2D eigenvalue weighted by atomic mass is 10.1. The summed E-state index contributed by atoms with van der Waals surface area (Å²) in [5, 5.41) is 0.